The molecule has 4 rings (SSSR count). The highest BCUT2D eigenvalue weighted by atomic mass is 16.5. The van der Waals surface area contributed by atoms with Gasteiger partial charge in [0.1, 0.15) is 19.6 Å². The summed E-state index contributed by atoms with van der Waals surface area (Å²) in [4.78, 5) is 33.4. The molecule has 0 spiro atoms. The summed E-state index contributed by atoms with van der Waals surface area (Å²) in [6.07, 6.45) is 4.95. The Bertz CT molecular complexity index is 1000. The second-order valence-electron chi connectivity index (χ2n) is 8.86. The van der Waals surface area contributed by atoms with Crippen molar-refractivity contribution in [1.29, 1.82) is 0 Å². The van der Waals surface area contributed by atoms with Crippen molar-refractivity contribution in [1.82, 2.24) is 18.7 Å². The lowest BCUT2D eigenvalue weighted by atomic mass is 10.0. The summed E-state index contributed by atoms with van der Waals surface area (Å²) in [6, 6.07) is 0.642. The first kappa shape index (κ1) is 21.3. The molecule has 0 radical (unpaired) electrons. The number of rotatable bonds is 6. The second-order valence-corrected chi connectivity index (χ2v) is 8.86. The van der Waals surface area contributed by atoms with Crippen LogP contribution in [0.15, 0.2) is 9.59 Å². The Kier molecular flexibility index (Phi) is 6.40. The maximum atomic E-state index is 13.1. The molecule has 9 heteroatoms. The lowest BCUT2D eigenvalue weighted by Gasteiger charge is -2.32. The second kappa shape index (κ2) is 9.03. The predicted molar refractivity (Wildman–Crippen MR) is 114 cm³/mol. The summed E-state index contributed by atoms with van der Waals surface area (Å²) < 4.78 is 10.3. The summed E-state index contributed by atoms with van der Waals surface area (Å²) in [7, 11) is 3.26. The van der Waals surface area contributed by atoms with Crippen LogP contribution in [0.1, 0.15) is 38.4 Å². The van der Waals surface area contributed by atoms with Crippen LogP contribution in [0.2, 0.25) is 0 Å². The van der Waals surface area contributed by atoms with Crippen molar-refractivity contribution in [3.05, 3.63) is 26.7 Å². The van der Waals surface area contributed by atoms with Crippen molar-refractivity contribution in [3.63, 3.8) is 0 Å². The minimum atomic E-state index is -0.320. The monoisotopic (exact) mass is 420 g/mol. The van der Waals surface area contributed by atoms with Crippen molar-refractivity contribution < 1.29 is 14.5 Å². The number of aryl methyl sites for hydroxylation is 1. The molecule has 2 aromatic heterocycles. The largest absolute Gasteiger partial charge is 0.370 e. The van der Waals surface area contributed by atoms with Crippen LogP contribution in [0.3, 0.4) is 0 Å². The van der Waals surface area contributed by atoms with Gasteiger partial charge in [-0.25, -0.2) is 9.78 Å². The maximum Gasteiger partial charge on any atom is 0.332 e. The zero-order chi connectivity index (χ0) is 21.3. The number of nitrogens with zero attached hydrogens (tertiary/aromatic N) is 4. The van der Waals surface area contributed by atoms with Gasteiger partial charge in [0, 0.05) is 14.1 Å². The van der Waals surface area contributed by atoms with Crippen molar-refractivity contribution in [3.8, 4) is 0 Å². The molecule has 1 unspecified atom stereocenters. The van der Waals surface area contributed by atoms with Gasteiger partial charge in [-0.05, 0) is 25.7 Å². The number of hydrogen-bond acceptors (Lipinski definition) is 4. The average molecular weight is 421 g/mol. The van der Waals surface area contributed by atoms with Crippen LogP contribution in [-0.4, -0.2) is 64.1 Å². The SMILES string of the molecule is CC[C@H]1CCCC[NH+]1Cc1nc2c(c(=O)n(C)c(=O)n2C)n1CC[NH+]1CCOCC1. The maximum absolute atomic E-state index is 13.1. The molecule has 2 fully saturated rings. The molecule has 2 aliphatic rings. The van der Waals surface area contributed by atoms with E-state index in [0.29, 0.717) is 17.2 Å². The fourth-order valence-corrected chi connectivity index (χ4v) is 5.13. The summed E-state index contributed by atoms with van der Waals surface area (Å²) in [6.45, 7) is 9.45. The smallest absolute Gasteiger partial charge is 0.332 e. The lowest BCUT2D eigenvalue weighted by Crippen LogP contribution is -3.15. The first-order valence-corrected chi connectivity index (χ1v) is 11.4. The van der Waals surface area contributed by atoms with Crippen molar-refractivity contribution in [2.24, 2.45) is 14.1 Å². The van der Waals surface area contributed by atoms with E-state index < -0.39 is 0 Å². The van der Waals surface area contributed by atoms with E-state index in [1.54, 1.807) is 19.0 Å². The first-order valence-electron chi connectivity index (χ1n) is 11.4. The molecule has 2 aromatic rings. The Hall–Kier alpha value is -1.97. The molecular weight excluding hydrogens is 384 g/mol. The quantitative estimate of drug-likeness (QED) is 0.551. The average Bonchev–Trinajstić information content (AvgIpc) is 3.14. The third kappa shape index (κ3) is 3.98. The molecule has 0 saturated carbocycles. The van der Waals surface area contributed by atoms with Crippen LogP contribution >= 0.6 is 0 Å². The Morgan fingerprint density at radius 3 is 2.60 bits per heavy atom. The third-order valence-corrected chi connectivity index (χ3v) is 7.07. The number of quaternary nitrogens is 2. The van der Waals surface area contributed by atoms with Crippen LogP contribution in [0, 0.1) is 0 Å². The zero-order valence-corrected chi connectivity index (χ0v) is 18.6. The van der Waals surface area contributed by atoms with E-state index in [-0.39, 0.29) is 11.2 Å². The Morgan fingerprint density at radius 2 is 1.87 bits per heavy atom. The highest BCUT2D eigenvalue weighted by Crippen LogP contribution is 2.12. The molecule has 0 aromatic carbocycles. The summed E-state index contributed by atoms with van der Waals surface area (Å²) >= 11 is 0. The molecule has 9 nitrogen and oxygen atoms in total. The Balaban J connectivity index is 1.73. The van der Waals surface area contributed by atoms with Crippen molar-refractivity contribution in [2.45, 2.75) is 51.7 Å². The van der Waals surface area contributed by atoms with E-state index in [4.69, 9.17) is 9.72 Å². The fourth-order valence-electron chi connectivity index (χ4n) is 5.13. The van der Waals surface area contributed by atoms with E-state index >= 15 is 0 Å². The lowest BCUT2D eigenvalue weighted by molar-refractivity contribution is -0.944. The summed E-state index contributed by atoms with van der Waals surface area (Å²) in [5, 5.41) is 0. The van der Waals surface area contributed by atoms with Crippen LogP contribution in [0.25, 0.3) is 11.2 Å². The Morgan fingerprint density at radius 1 is 1.10 bits per heavy atom. The fraction of sp³-hybridized carbons (Fsp3) is 0.762. The van der Waals surface area contributed by atoms with Crippen LogP contribution < -0.4 is 21.0 Å². The normalized spacial score (nSPS) is 23.3. The van der Waals surface area contributed by atoms with Crippen LogP contribution in [-0.2, 0) is 31.9 Å². The molecule has 166 valence electrons. The summed E-state index contributed by atoms with van der Waals surface area (Å²) in [5.41, 5.74) is 0.509. The molecule has 0 amide bonds. The van der Waals surface area contributed by atoms with Crippen LogP contribution in [0.5, 0.6) is 0 Å². The first-order chi connectivity index (χ1) is 14.5. The molecule has 2 atom stereocenters. The van der Waals surface area contributed by atoms with Gasteiger partial charge in [0.05, 0.1) is 38.9 Å². The molecular formula is C21H36N6O3+2. The van der Waals surface area contributed by atoms with Gasteiger partial charge >= 0.3 is 5.69 Å². The molecule has 2 N–H and O–H groups in total. The van der Waals surface area contributed by atoms with Gasteiger partial charge < -0.3 is 19.1 Å². The molecule has 0 bridgehead atoms. The zero-order valence-electron chi connectivity index (χ0n) is 18.6. The summed E-state index contributed by atoms with van der Waals surface area (Å²) in [5.74, 6) is 0.936. The van der Waals surface area contributed by atoms with E-state index in [1.807, 2.05) is 0 Å². The number of imidazole rings is 1. The number of ether oxygens (including phenoxy) is 1. The predicted octanol–water partition coefficient (Wildman–Crippen LogP) is -2.30. The van der Waals surface area contributed by atoms with Gasteiger partial charge in [-0.3, -0.25) is 13.9 Å². The molecule has 2 saturated heterocycles. The molecule has 0 aliphatic carbocycles. The van der Waals surface area contributed by atoms with E-state index in [2.05, 4.69) is 11.5 Å². The van der Waals surface area contributed by atoms with Gasteiger partial charge in [0.2, 0.25) is 0 Å². The molecule has 30 heavy (non-hydrogen) atoms. The number of nitrogens with one attached hydrogen (secondary N) is 2. The number of morpholine rings is 1. The van der Waals surface area contributed by atoms with Gasteiger partial charge in [0.25, 0.3) is 5.56 Å². The van der Waals surface area contributed by atoms with Gasteiger partial charge in [-0.2, -0.15) is 0 Å². The number of piperidine rings is 1. The van der Waals surface area contributed by atoms with E-state index in [9.17, 15) is 9.59 Å². The number of fused-ring (bicyclic) bond motifs is 1. The van der Waals surface area contributed by atoms with E-state index in [1.165, 1.54) is 33.3 Å². The minimum absolute atomic E-state index is 0.246. The number of hydrogen-bond donors (Lipinski definition) is 2. The topological polar surface area (TPSA) is 79.9 Å². The van der Waals surface area contributed by atoms with Crippen molar-refractivity contribution in [2.75, 3.05) is 39.4 Å². The van der Waals surface area contributed by atoms with Gasteiger partial charge in [-0.15, -0.1) is 0 Å². The van der Waals surface area contributed by atoms with Gasteiger partial charge in [0.15, 0.2) is 17.0 Å². The minimum Gasteiger partial charge on any atom is -0.370 e. The molecule has 4 heterocycles. The van der Waals surface area contributed by atoms with Gasteiger partial charge in [-0.1, -0.05) is 6.92 Å². The highest BCUT2D eigenvalue weighted by molar-refractivity contribution is 5.71. The highest BCUT2D eigenvalue weighted by Gasteiger charge is 2.28. The Labute approximate surface area is 176 Å². The number of aromatic nitrogens is 4. The third-order valence-electron chi connectivity index (χ3n) is 7.07. The number of likely N-dealkylation sites (tertiary alicyclic amines) is 1. The standard InChI is InChI=1S/C21H34N6O3/c1-4-16-7-5-6-8-26(16)15-17-22-19-18(20(28)24(3)21(29)23(19)2)27(17)10-9-25-11-13-30-14-12-25/h16H,4-15H2,1-3H3/p+2/t16-/m0/s1. The van der Waals surface area contributed by atoms with Crippen molar-refractivity contribution >= 4 is 11.2 Å². The van der Waals surface area contributed by atoms with E-state index in [0.717, 1.165) is 64.7 Å². The van der Waals surface area contributed by atoms with Crippen LogP contribution in [0.4, 0.5) is 0 Å². The molecule has 2 aliphatic heterocycles.